The van der Waals surface area contributed by atoms with Crippen LogP contribution in [-0.4, -0.2) is 53.9 Å². The lowest BCUT2D eigenvalue weighted by atomic mass is 9.95. The van der Waals surface area contributed by atoms with E-state index in [9.17, 15) is 8.42 Å². The minimum Gasteiger partial charge on any atom is -0.337 e. The molecule has 0 aromatic carbocycles. The molecule has 0 aromatic rings. The molecule has 0 spiro atoms. The summed E-state index contributed by atoms with van der Waals surface area (Å²) < 4.78 is 33.8. The smallest absolute Gasteiger partial charge is 0.219 e. The molecule has 184 valence electrons. The van der Waals surface area contributed by atoms with Crippen molar-refractivity contribution in [2.24, 2.45) is 0 Å². The van der Waals surface area contributed by atoms with Crippen LogP contribution in [0, 0.1) is 0 Å². The standard InChI is InChI=1S/C22H47NO3S2.C2H6/c1-21(2,3)27(7,8)26-19-15-10-9-14-18-23(20-16-12-11-13-17-20)28(24,25)22(4,5)6;1-2/h20H,9-19H2,1-8H3;1-2H3. The fourth-order valence-corrected chi connectivity index (χ4v) is 5.95. The van der Waals surface area contributed by atoms with Gasteiger partial charge in [0.1, 0.15) is 0 Å². The van der Waals surface area contributed by atoms with Crippen molar-refractivity contribution in [1.82, 2.24) is 4.31 Å². The first-order valence-electron chi connectivity index (χ1n) is 12.1. The molecule has 0 aliphatic heterocycles. The predicted molar refractivity (Wildman–Crippen MR) is 137 cm³/mol. The van der Waals surface area contributed by atoms with E-state index in [1.54, 1.807) is 0 Å². The van der Waals surface area contributed by atoms with E-state index >= 15 is 0 Å². The molecule has 0 amide bonds. The summed E-state index contributed by atoms with van der Waals surface area (Å²) in [5, 5.41) is 0. The van der Waals surface area contributed by atoms with E-state index in [0.29, 0.717) is 6.54 Å². The van der Waals surface area contributed by atoms with Crippen molar-refractivity contribution in [2.45, 2.75) is 129 Å². The van der Waals surface area contributed by atoms with Crippen molar-refractivity contribution >= 4 is 20.3 Å². The van der Waals surface area contributed by atoms with E-state index in [-0.39, 0.29) is 10.8 Å². The third kappa shape index (κ3) is 9.38. The van der Waals surface area contributed by atoms with Crippen molar-refractivity contribution in [2.75, 3.05) is 25.7 Å². The summed E-state index contributed by atoms with van der Waals surface area (Å²) in [7, 11) is -4.30. The van der Waals surface area contributed by atoms with Crippen LogP contribution < -0.4 is 0 Å². The number of hydrogen-bond acceptors (Lipinski definition) is 3. The highest BCUT2D eigenvalue weighted by Gasteiger charge is 2.39. The van der Waals surface area contributed by atoms with E-state index in [1.807, 2.05) is 38.9 Å². The van der Waals surface area contributed by atoms with Crippen LogP contribution in [0.25, 0.3) is 0 Å². The molecule has 1 fully saturated rings. The normalized spacial score (nSPS) is 17.6. The molecule has 1 saturated carbocycles. The maximum atomic E-state index is 13.1. The number of hydrogen-bond donors (Lipinski definition) is 0. The zero-order chi connectivity index (χ0) is 23.6. The Bertz CT molecular complexity index is 554. The molecule has 0 bridgehead atoms. The molecule has 4 nitrogen and oxygen atoms in total. The van der Waals surface area contributed by atoms with Gasteiger partial charge in [-0.15, -0.1) is 10.3 Å². The second-order valence-corrected chi connectivity index (χ2v) is 17.2. The van der Waals surface area contributed by atoms with Gasteiger partial charge in [0.25, 0.3) is 0 Å². The zero-order valence-electron chi connectivity index (χ0n) is 21.8. The minimum atomic E-state index is -3.26. The minimum absolute atomic E-state index is 0.203. The van der Waals surface area contributed by atoms with Crippen molar-refractivity contribution in [3.05, 3.63) is 0 Å². The van der Waals surface area contributed by atoms with Crippen molar-refractivity contribution in [3.8, 4) is 0 Å². The average molecular weight is 468 g/mol. The number of sulfonamides is 1. The topological polar surface area (TPSA) is 46.6 Å². The summed E-state index contributed by atoms with van der Waals surface area (Å²) in [6.45, 7) is 17.7. The molecule has 6 heteroatoms. The molecule has 0 atom stereocenters. The van der Waals surface area contributed by atoms with Crippen molar-refractivity contribution in [3.63, 3.8) is 0 Å². The van der Waals surface area contributed by atoms with Gasteiger partial charge in [-0.2, -0.15) is 4.31 Å². The molecule has 1 aliphatic rings. The molecular formula is C24H53NO3S2. The summed E-state index contributed by atoms with van der Waals surface area (Å²) in [6, 6.07) is 0.206. The van der Waals surface area contributed by atoms with Crippen LogP contribution in [-0.2, 0) is 14.2 Å². The van der Waals surface area contributed by atoms with E-state index in [1.165, 1.54) is 6.42 Å². The highest BCUT2D eigenvalue weighted by Crippen LogP contribution is 2.53. The SMILES string of the molecule is CC.CC(C)(C)S(C)(C)OCCCCCCN(C1CCCCC1)S(=O)(=O)C(C)(C)C. The van der Waals surface area contributed by atoms with Gasteiger partial charge in [-0.3, -0.25) is 0 Å². The Kier molecular flexibility index (Phi) is 13.2. The molecule has 0 N–H and O–H groups in total. The molecule has 1 aliphatic carbocycles. The second-order valence-electron chi connectivity index (χ2n) is 10.6. The molecule has 0 unspecified atom stereocenters. The molecule has 0 saturated heterocycles. The Hall–Kier alpha value is 0.220. The van der Waals surface area contributed by atoms with Crippen molar-refractivity contribution < 1.29 is 12.6 Å². The Balaban J connectivity index is 0.00000407. The number of rotatable bonds is 10. The maximum Gasteiger partial charge on any atom is 0.219 e. The molecule has 1 rings (SSSR count). The first-order valence-corrected chi connectivity index (χ1v) is 15.9. The lowest BCUT2D eigenvalue weighted by Crippen LogP contribution is -2.49. The van der Waals surface area contributed by atoms with Gasteiger partial charge in [0.05, 0.1) is 11.4 Å². The van der Waals surface area contributed by atoms with E-state index in [0.717, 1.165) is 58.0 Å². The van der Waals surface area contributed by atoms with E-state index < -0.39 is 25.1 Å². The Morgan fingerprint density at radius 2 is 1.30 bits per heavy atom. The summed E-state index contributed by atoms with van der Waals surface area (Å²) in [5.41, 5.74) is 0. The Morgan fingerprint density at radius 1 is 0.800 bits per heavy atom. The van der Waals surface area contributed by atoms with Crippen LogP contribution in [0.2, 0.25) is 0 Å². The highest BCUT2D eigenvalue weighted by atomic mass is 32.3. The largest absolute Gasteiger partial charge is 0.337 e. The summed E-state index contributed by atoms with van der Waals surface area (Å²) in [6.07, 6.45) is 14.3. The van der Waals surface area contributed by atoms with E-state index in [2.05, 4.69) is 33.3 Å². The van der Waals surface area contributed by atoms with Crippen LogP contribution in [0.15, 0.2) is 0 Å². The van der Waals surface area contributed by atoms with Gasteiger partial charge in [0, 0.05) is 17.3 Å². The van der Waals surface area contributed by atoms with Gasteiger partial charge < -0.3 is 4.18 Å². The highest BCUT2D eigenvalue weighted by molar-refractivity contribution is 8.29. The Morgan fingerprint density at radius 3 is 1.77 bits per heavy atom. The summed E-state index contributed by atoms with van der Waals surface area (Å²) in [5.74, 6) is 0. The van der Waals surface area contributed by atoms with Gasteiger partial charge in [-0.1, -0.05) is 66.7 Å². The van der Waals surface area contributed by atoms with Gasteiger partial charge >= 0.3 is 0 Å². The van der Waals surface area contributed by atoms with Crippen LogP contribution in [0.1, 0.15) is 113 Å². The van der Waals surface area contributed by atoms with E-state index in [4.69, 9.17) is 4.18 Å². The Labute approximate surface area is 191 Å². The van der Waals surface area contributed by atoms with Crippen LogP contribution in [0.4, 0.5) is 0 Å². The lowest BCUT2D eigenvalue weighted by molar-refractivity contribution is 0.243. The van der Waals surface area contributed by atoms with Crippen LogP contribution >= 0.6 is 10.3 Å². The van der Waals surface area contributed by atoms with Crippen LogP contribution in [0.5, 0.6) is 0 Å². The maximum absolute atomic E-state index is 13.1. The first-order chi connectivity index (χ1) is 13.7. The average Bonchev–Trinajstić information content (AvgIpc) is 2.64. The van der Waals surface area contributed by atoms with Gasteiger partial charge in [0.15, 0.2) is 0 Å². The molecular weight excluding hydrogens is 414 g/mol. The zero-order valence-corrected chi connectivity index (χ0v) is 23.5. The summed E-state index contributed by atoms with van der Waals surface area (Å²) in [4.78, 5) is 0. The van der Waals surface area contributed by atoms with Gasteiger partial charge in [-0.05, 0) is 59.0 Å². The monoisotopic (exact) mass is 467 g/mol. The summed E-state index contributed by atoms with van der Waals surface area (Å²) >= 11 is 0. The lowest BCUT2D eigenvalue weighted by Gasteiger charge is -2.43. The number of unbranched alkanes of at least 4 members (excludes halogenated alkanes) is 3. The van der Waals surface area contributed by atoms with Gasteiger partial charge in [0.2, 0.25) is 10.0 Å². The third-order valence-electron chi connectivity index (χ3n) is 6.19. The quantitative estimate of drug-likeness (QED) is 0.321. The van der Waals surface area contributed by atoms with Crippen LogP contribution in [0.3, 0.4) is 0 Å². The second kappa shape index (κ2) is 13.1. The predicted octanol–water partition coefficient (Wildman–Crippen LogP) is 7.13. The fourth-order valence-electron chi connectivity index (χ4n) is 3.39. The molecule has 0 radical (unpaired) electrons. The van der Waals surface area contributed by atoms with Crippen molar-refractivity contribution in [1.29, 1.82) is 0 Å². The molecule has 30 heavy (non-hydrogen) atoms. The molecule has 0 aromatic heterocycles. The van der Waals surface area contributed by atoms with Gasteiger partial charge in [-0.25, -0.2) is 8.42 Å². The third-order valence-corrected chi connectivity index (χ3v) is 12.5. The fraction of sp³-hybridized carbons (Fsp3) is 1.00. The number of nitrogens with zero attached hydrogens (tertiary/aromatic N) is 1. The molecule has 0 heterocycles. The first kappa shape index (κ1) is 30.2.